The molecule has 2 aromatic rings. The number of ether oxygens (including phenoxy) is 1. The van der Waals surface area contributed by atoms with Crippen LogP contribution in [0.15, 0.2) is 30.7 Å². The molecule has 0 atom stereocenters. The van der Waals surface area contributed by atoms with Gasteiger partial charge >= 0.3 is 0 Å². The van der Waals surface area contributed by atoms with Crippen LogP contribution >= 0.6 is 0 Å². The molecule has 3 heteroatoms. The summed E-state index contributed by atoms with van der Waals surface area (Å²) in [5, 5.41) is 1.05. The van der Waals surface area contributed by atoms with Crippen molar-refractivity contribution in [3.63, 3.8) is 0 Å². The Balaban J connectivity index is 1.71. The first-order chi connectivity index (χ1) is 7.92. The average Bonchev–Trinajstić information content (AvgIpc) is 3.13. The van der Waals surface area contributed by atoms with Crippen molar-refractivity contribution in [2.75, 3.05) is 6.61 Å². The van der Waals surface area contributed by atoms with Crippen molar-refractivity contribution in [1.29, 1.82) is 0 Å². The van der Waals surface area contributed by atoms with Gasteiger partial charge in [-0.3, -0.25) is 0 Å². The fourth-order valence-electron chi connectivity index (χ4n) is 1.79. The molecule has 0 amide bonds. The van der Waals surface area contributed by atoms with Crippen LogP contribution in [0.3, 0.4) is 0 Å². The summed E-state index contributed by atoms with van der Waals surface area (Å²) >= 11 is 0. The molecular formula is C13H14N2O. The molecule has 0 saturated heterocycles. The van der Waals surface area contributed by atoms with Crippen molar-refractivity contribution in [2.45, 2.75) is 19.3 Å². The Hall–Kier alpha value is -1.64. The summed E-state index contributed by atoms with van der Waals surface area (Å²) in [6.45, 7) is 0.821. The van der Waals surface area contributed by atoms with Crippen molar-refractivity contribution in [1.82, 2.24) is 9.97 Å². The quantitative estimate of drug-likeness (QED) is 0.785. The Labute approximate surface area is 94.5 Å². The molecule has 1 aliphatic carbocycles. The maximum Gasteiger partial charge on any atom is 0.121 e. The van der Waals surface area contributed by atoms with Gasteiger partial charge in [0.25, 0.3) is 0 Å². The van der Waals surface area contributed by atoms with Gasteiger partial charge in [0.2, 0.25) is 0 Å². The minimum atomic E-state index is 0.821. The van der Waals surface area contributed by atoms with E-state index in [1.165, 1.54) is 19.3 Å². The second-order valence-corrected chi connectivity index (χ2v) is 4.32. The van der Waals surface area contributed by atoms with Crippen molar-refractivity contribution in [3.8, 4) is 5.75 Å². The molecule has 1 aromatic heterocycles. The highest BCUT2D eigenvalue weighted by Crippen LogP contribution is 2.32. The van der Waals surface area contributed by atoms with E-state index in [2.05, 4.69) is 9.97 Å². The van der Waals surface area contributed by atoms with Crippen LogP contribution < -0.4 is 4.74 Å². The van der Waals surface area contributed by atoms with Crippen LogP contribution in [0, 0.1) is 5.92 Å². The lowest BCUT2D eigenvalue weighted by Crippen LogP contribution is -1.98. The molecule has 3 nitrogen and oxygen atoms in total. The topological polar surface area (TPSA) is 35.0 Å². The highest BCUT2D eigenvalue weighted by Gasteiger charge is 2.20. The average molecular weight is 214 g/mol. The predicted octanol–water partition coefficient (Wildman–Crippen LogP) is 2.81. The molecule has 3 rings (SSSR count). The number of nitrogens with zero attached hydrogens (tertiary/aromatic N) is 2. The van der Waals surface area contributed by atoms with Crippen LogP contribution in [0.5, 0.6) is 5.75 Å². The lowest BCUT2D eigenvalue weighted by Gasteiger charge is -2.05. The van der Waals surface area contributed by atoms with Crippen LogP contribution in [0.2, 0.25) is 0 Å². The normalized spacial score (nSPS) is 15.2. The van der Waals surface area contributed by atoms with Gasteiger partial charge in [0.1, 0.15) is 12.1 Å². The Morgan fingerprint density at radius 1 is 1.31 bits per heavy atom. The first-order valence-electron chi connectivity index (χ1n) is 5.74. The van der Waals surface area contributed by atoms with E-state index in [0.29, 0.717) is 0 Å². The predicted molar refractivity (Wildman–Crippen MR) is 62.4 cm³/mol. The van der Waals surface area contributed by atoms with E-state index in [1.807, 2.05) is 24.4 Å². The molecule has 1 aromatic carbocycles. The summed E-state index contributed by atoms with van der Waals surface area (Å²) in [6, 6.07) is 5.96. The van der Waals surface area contributed by atoms with Crippen LogP contribution in [0.1, 0.15) is 19.3 Å². The van der Waals surface area contributed by atoms with E-state index < -0.39 is 0 Å². The molecule has 0 radical (unpaired) electrons. The molecule has 0 N–H and O–H groups in total. The van der Waals surface area contributed by atoms with Gasteiger partial charge in [-0.2, -0.15) is 0 Å². The van der Waals surface area contributed by atoms with Crippen LogP contribution in [0.25, 0.3) is 10.9 Å². The second-order valence-electron chi connectivity index (χ2n) is 4.32. The molecule has 1 aliphatic rings. The summed E-state index contributed by atoms with van der Waals surface area (Å²) < 4.78 is 5.70. The van der Waals surface area contributed by atoms with Crippen molar-refractivity contribution >= 4 is 10.9 Å². The Kier molecular flexibility index (Phi) is 2.44. The number of hydrogen-bond donors (Lipinski definition) is 0. The zero-order valence-electron chi connectivity index (χ0n) is 9.10. The molecule has 0 bridgehead atoms. The Morgan fingerprint density at radius 2 is 2.25 bits per heavy atom. The van der Waals surface area contributed by atoms with Crippen LogP contribution in [-0.2, 0) is 0 Å². The van der Waals surface area contributed by atoms with Crippen molar-refractivity contribution in [3.05, 3.63) is 30.7 Å². The lowest BCUT2D eigenvalue weighted by atomic mass is 10.2. The zero-order chi connectivity index (χ0) is 10.8. The minimum absolute atomic E-state index is 0.821. The van der Waals surface area contributed by atoms with Gasteiger partial charge < -0.3 is 4.74 Å². The summed E-state index contributed by atoms with van der Waals surface area (Å²) in [6.07, 6.45) is 7.33. The highest BCUT2D eigenvalue weighted by molar-refractivity contribution is 5.78. The third kappa shape index (κ3) is 2.13. The summed E-state index contributed by atoms with van der Waals surface area (Å²) in [4.78, 5) is 8.19. The van der Waals surface area contributed by atoms with Gasteiger partial charge in [0.15, 0.2) is 0 Å². The fraction of sp³-hybridized carbons (Fsp3) is 0.385. The van der Waals surface area contributed by atoms with Gasteiger partial charge in [0.05, 0.1) is 12.1 Å². The number of aromatic nitrogens is 2. The maximum absolute atomic E-state index is 5.70. The smallest absolute Gasteiger partial charge is 0.121 e. The maximum atomic E-state index is 5.70. The van der Waals surface area contributed by atoms with E-state index in [0.717, 1.165) is 29.2 Å². The standard InChI is InChI=1S/C13H14N2O/c1-2-10(1)5-6-16-12-4-3-11-8-14-9-15-13(11)7-12/h3-4,7-10H,1-2,5-6H2. The summed E-state index contributed by atoms with van der Waals surface area (Å²) in [5.41, 5.74) is 0.943. The first-order valence-corrected chi connectivity index (χ1v) is 5.74. The third-order valence-corrected chi connectivity index (χ3v) is 2.97. The zero-order valence-corrected chi connectivity index (χ0v) is 9.10. The van der Waals surface area contributed by atoms with E-state index in [-0.39, 0.29) is 0 Å². The third-order valence-electron chi connectivity index (χ3n) is 2.97. The lowest BCUT2D eigenvalue weighted by molar-refractivity contribution is 0.303. The Morgan fingerprint density at radius 3 is 3.12 bits per heavy atom. The largest absolute Gasteiger partial charge is 0.494 e. The number of rotatable bonds is 4. The van der Waals surface area contributed by atoms with Crippen LogP contribution in [-0.4, -0.2) is 16.6 Å². The van der Waals surface area contributed by atoms with E-state index in [1.54, 1.807) is 6.33 Å². The first kappa shape index (κ1) is 9.58. The molecule has 0 aliphatic heterocycles. The molecular weight excluding hydrogens is 200 g/mol. The molecule has 1 heterocycles. The monoisotopic (exact) mass is 214 g/mol. The highest BCUT2D eigenvalue weighted by atomic mass is 16.5. The number of hydrogen-bond acceptors (Lipinski definition) is 3. The van der Waals surface area contributed by atoms with Crippen molar-refractivity contribution < 1.29 is 4.74 Å². The molecule has 0 spiro atoms. The molecule has 16 heavy (non-hydrogen) atoms. The molecule has 1 fully saturated rings. The van der Waals surface area contributed by atoms with Gasteiger partial charge in [0, 0.05) is 17.6 Å². The van der Waals surface area contributed by atoms with Crippen LogP contribution in [0.4, 0.5) is 0 Å². The Bertz CT molecular complexity index is 494. The van der Waals surface area contributed by atoms with Gasteiger partial charge in [-0.1, -0.05) is 12.8 Å². The van der Waals surface area contributed by atoms with E-state index >= 15 is 0 Å². The number of benzene rings is 1. The second kappa shape index (κ2) is 4.08. The summed E-state index contributed by atoms with van der Waals surface area (Å²) in [5.74, 6) is 1.83. The molecule has 1 saturated carbocycles. The molecule has 0 unspecified atom stereocenters. The molecule has 82 valence electrons. The summed E-state index contributed by atoms with van der Waals surface area (Å²) in [7, 11) is 0. The van der Waals surface area contributed by atoms with E-state index in [9.17, 15) is 0 Å². The van der Waals surface area contributed by atoms with Crippen molar-refractivity contribution in [2.24, 2.45) is 5.92 Å². The minimum Gasteiger partial charge on any atom is -0.494 e. The van der Waals surface area contributed by atoms with Gasteiger partial charge in [-0.05, 0) is 24.5 Å². The van der Waals surface area contributed by atoms with E-state index in [4.69, 9.17) is 4.74 Å². The van der Waals surface area contributed by atoms with Gasteiger partial charge in [-0.15, -0.1) is 0 Å². The SMILES string of the molecule is c1ncc2ccc(OCCC3CC3)cc2n1. The van der Waals surface area contributed by atoms with Gasteiger partial charge in [-0.25, -0.2) is 9.97 Å². The fourth-order valence-corrected chi connectivity index (χ4v) is 1.79. The number of fused-ring (bicyclic) bond motifs is 1.